The smallest absolute Gasteiger partial charge is 0.120 e. The van der Waals surface area contributed by atoms with E-state index in [-0.39, 0.29) is 6.17 Å². The molecule has 0 atom stereocenters. The molecule has 0 bridgehead atoms. The van der Waals surface area contributed by atoms with Crippen LogP contribution in [0.1, 0.15) is 11.7 Å². The third-order valence-corrected chi connectivity index (χ3v) is 4.12. The molecule has 0 radical (unpaired) electrons. The lowest BCUT2D eigenvalue weighted by Gasteiger charge is -2.43. The number of hydrogen-bond acceptors (Lipinski definition) is 4. The van der Waals surface area contributed by atoms with Gasteiger partial charge in [0.15, 0.2) is 0 Å². The Bertz CT molecular complexity index is 647. The van der Waals surface area contributed by atoms with E-state index >= 15 is 0 Å². The van der Waals surface area contributed by atoms with Crippen LogP contribution < -0.4 is 20.9 Å². The first-order chi connectivity index (χ1) is 11.9. The second kappa shape index (κ2) is 6.74. The summed E-state index contributed by atoms with van der Waals surface area (Å²) in [7, 11) is 0. The van der Waals surface area contributed by atoms with E-state index in [1.807, 2.05) is 18.2 Å². The lowest BCUT2D eigenvalue weighted by molar-refractivity contribution is 0.348. The SMILES string of the molecule is c1ccc(C2NN(c3ccccc3)CN(c3ccccc3)N2)cc1. The fourth-order valence-corrected chi connectivity index (χ4v) is 2.89. The number of hydrazine groups is 2. The predicted octanol–water partition coefficient (Wildman–Crippen LogP) is 3.68. The van der Waals surface area contributed by atoms with Crippen molar-refractivity contribution >= 4 is 11.4 Å². The Labute approximate surface area is 142 Å². The molecule has 3 aromatic rings. The summed E-state index contributed by atoms with van der Waals surface area (Å²) in [4.78, 5) is 0. The molecular weight excluding hydrogens is 296 g/mol. The van der Waals surface area contributed by atoms with Gasteiger partial charge in [-0.3, -0.25) is 10.0 Å². The third kappa shape index (κ3) is 3.11. The molecule has 0 unspecified atom stereocenters. The van der Waals surface area contributed by atoms with E-state index in [2.05, 4.69) is 93.7 Å². The van der Waals surface area contributed by atoms with Crippen molar-refractivity contribution in [1.29, 1.82) is 0 Å². The monoisotopic (exact) mass is 316 g/mol. The van der Waals surface area contributed by atoms with Gasteiger partial charge in [-0.15, -0.1) is 0 Å². The van der Waals surface area contributed by atoms with E-state index in [0.29, 0.717) is 6.67 Å². The summed E-state index contributed by atoms with van der Waals surface area (Å²) in [6.07, 6.45) is 0.000335. The van der Waals surface area contributed by atoms with Crippen LogP contribution in [0.25, 0.3) is 0 Å². The summed E-state index contributed by atoms with van der Waals surface area (Å²) in [5.41, 5.74) is 10.6. The second-order valence-electron chi connectivity index (χ2n) is 5.77. The van der Waals surface area contributed by atoms with Crippen LogP contribution in [0.2, 0.25) is 0 Å². The maximum absolute atomic E-state index is 3.57. The summed E-state index contributed by atoms with van der Waals surface area (Å²) in [6, 6.07) is 31.2. The largest absolute Gasteiger partial charge is 0.286 e. The maximum Gasteiger partial charge on any atom is 0.120 e. The summed E-state index contributed by atoms with van der Waals surface area (Å²) in [5, 5.41) is 4.34. The topological polar surface area (TPSA) is 30.5 Å². The highest BCUT2D eigenvalue weighted by Crippen LogP contribution is 2.23. The number of para-hydroxylation sites is 2. The minimum atomic E-state index is 0.000335. The molecule has 0 spiro atoms. The van der Waals surface area contributed by atoms with E-state index < -0.39 is 0 Å². The van der Waals surface area contributed by atoms with Gasteiger partial charge in [-0.25, -0.2) is 10.9 Å². The van der Waals surface area contributed by atoms with Crippen LogP contribution in [-0.4, -0.2) is 6.67 Å². The molecule has 4 rings (SSSR count). The van der Waals surface area contributed by atoms with Crippen LogP contribution in [0.5, 0.6) is 0 Å². The molecule has 0 aromatic heterocycles. The highest BCUT2D eigenvalue weighted by molar-refractivity contribution is 5.51. The standard InChI is InChI=1S/C20H20N4/c1-4-10-17(11-5-1)20-21-23(18-12-6-2-7-13-18)16-24(22-20)19-14-8-3-9-15-19/h1-15,20-22H,16H2. The minimum absolute atomic E-state index is 0.000335. The Kier molecular flexibility index (Phi) is 4.14. The summed E-state index contributed by atoms with van der Waals surface area (Å²) in [6.45, 7) is 0.706. The number of nitrogens with zero attached hydrogens (tertiary/aromatic N) is 2. The second-order valence-corrected chi connectivity index (χ2v) is 5.77. The average Bonchev–Trinajstić information content (AvgIpc) is 2.70. The van der Waals surface area contributed by atoms with Gasteiger partial charge in [0.1, 0.15) is 12.8 Å². The van der Waals surface area contributed by atoms with Crippen molar-refractivity contribution in [3.63, 3.8) is 0 Å². The van der Waals surface area contributed by atoms with Crippen molar-refractivity contribution in [2.45, 2.75) is 6.17 Å². The van der Waals surface area contributed by atoms with Crippen LogP contribution in [0.4, 0.5) is 11.4 Å². The first kappa shape index (κ1) is 14.8. The van der Waals surface area contributed by atoms with Crippen molar-refractivity contribution in [2.24, 2.45) is 0 Å². The number of rotatable bonds is 3. The molecule has 120 valence electrons. The number of nitrogens with one attached hydrogen (secondary N) is 2. The Hall–Kier alpha value is -2.82. The molecule has 4 heteroatoms. The van der Waals surface area contributed by atoms with E-state index in [1.165, 1.54) is 5.56 Å². The predicted molar refractivity (Wildman–Crippen MR) is 98.2 cm³/mol. The van der Waals surface area contributed by atoms with Gasteiger partial charge >= 0.3 is 0 Å². The lowest BCUT2D eigenvalue weighted by atomic mass is 10.2. The number of benzene rings is 3. The zero-order valence-electron chi connectivity index (χ0n) is 13.3. The third-order valence-electron chi connectivity index (χ3n) is 4.12. The average molecular weight is 316 g/mol. The zero-order valence-corrected chi connectivity index (χ0v) is 13.3. The minimum Gasteiger partial charge on any atom is -0.286 e. The highest BCUT2D eigenvalue weighted by Gasteiger charge is 2.25. The molecule has 1 heterocycles. The first-order valence-corrected chi connectivity index (χ1v) is 8.12. The number of anilines is 2. The van der Waals surface area contributed by atoms with Gasteiger partial charge in [0.2, 0.25) is 0 Å². The molecule has 1 aliphatic rings. The summed E-state index contributed by atoms with van der Waals surface area (Å²) < 4.78 is 0. The Morgan fingerprint density at radius 1 is 0.583 bits per heavy atom. The Balaban J connectivity index is 1.66. The highest BCUT2D eigenvalue weighted by atomic mass is 15.7. The van der Waals surface area contributed by atoms with Crippen molar-refractivity contribution in [3.05, 3.63) is 96.6 Å². The quantitative estimate of drug-likeness (QED) is 0.772. The molecule has 3 aromatic carbocycles. The van der Waals surface area contributed by atoms with E-state index in [4.69, 9.17) is 0 Å². The molecule has 0 saturated carbocycles. The van der Waals surface area contributed by atoms with Crippen molar-refractivity contribution < 1.29 is 0 Å². The van der Waals surface area contributed by atoms with Crippen LogP contribution in [0.15, 0.2) is 91.0 Å². The van der Waals surface area contributed by atoms with Crippen LogP contribution in [-0.2, 0) is 0 Å². The maximum atomic E-state index is 3.57. The molecule has 1 fully saturated rings. The van der Waals surface area contributed by atoms with E-state index in [0.717, 1.165) is 11.4 Å². The van der Waals surface area contributed by atoms with Gasteiger partial charge < -0.3 is 0 Å². The van der Waals surface area contributed by atoms with Gasteiger partial charge in [-0.2, -0.15) is 0 Å². The van der Waals surface area contributed by atoms with Gasteiger partial charge in [-0.05, 0) is 29.8 Å². The Morgan fingerprint density at radius 3 is 1.46 bits per heavy atom. The summed E-state index contributed by atoms with van der Waals surface area (Å²) in [5.74, 6) is 0. The molecule has 4 nitrogen and oxygen atoms in total. The molecular formula is C20H20N4. The summed E-state index contributed by atoms with van der Waals surface area (Å²) >= 11 is 0. The van der Waals surface area contributed by atoms with Gasteiger partial charge in [0, 0.05) is 0 Å². The van der Waals surface area contributed by atoms with E-state index in [1.54, 1.807) is 0 Å². The Morgan fingerprint density at radius 2 is 1.00 bits per heavy atom. The fraction of sp³-hybridized carbons (Fsp3) is 0.100. The first-order valence-electron chi connectivity index (χ1n) is 8.12. The molecule has 1 aliphatic heterocycles. The molecule has 1 saturated heterocycles. The van der Waals surface area contributed by atoms with Gasteiger partial charge in [-0.1, -0.05) is 66.7 Å². The van der Waals surface area contributed by atoms with Crippen molar-refractivity contribution in [1.82, 2.24) is 10.9 Å². The van der Waals surface area contributed by atoms with Crippen molar-refractivity contribution in [2.75, 3.05) is 16.7 Å². The molecule has 24 heavy (non-hydrogen) atoms. The molecule has 0 amide bonds. The van der Waals surface area contributed by atoms with E-state index in [9.17, 15) is 0 Å². The normalized spacial score (nSPS) is 15.5. The van der Waals surface area contributed by atoms with Crippen LogP contribution >= 0.6 is 0 Å². The van der Waals surface area contributed by atoms with Crippen LogP contribution in [0, 0.1) is 0 Å². The number of hydrogen-bond donors (Lipinski definition) is 2. The lowest BCUT2D eigenvalue weighted by Crippen LogP contribution is -2.62. The van der Waals surface area contributed by atoms with Crippen LogP contribution in [0.3, 0.4) is 0 Å². The van der Waals surface area contributed by atoms with Gasteiger partial charge in [0.05, 0.1) is 11.4 Å². The van der Waals surface area contributed by atoms with Crippen molar-refractivity contribution in [3.8, 4) is 0 Å². The fourth-order valence-electron chi connectivity index (χ4n) is 2.89. The molecule has 2 N–H and O–H groups in total. The van der Waals surface area contributed by atoms with Gasteiger partial charge in [0.25, 0.3) is 0 Å². The zero-order chi connectivity index (χ0) is 16.2. The molecule has 0 aliphatic carbocycles.